The van der Waals surface area contributed by atoms with Crippen molar-refractivity contribution in [3.63, 3.8) is 0 Å². The average Bonchev–Trinajstić information content (AvgIpc) is 2.58. The number of rotatable bonds is 4. The lowest BCUT2D eigenvalue weighted by atomic mass is 9.96. The highest BCUT2D eigenvalue weighted by atomic mass is 16.6. The molecule has 0 N–H and O–H groups in total. The molecule has 0 aliphatic carbocycles. The van der Waals surface area contributed by atoms with Crippen LogP contribution in [0.25, 0.3) is 6.08 Å². The Kier molecular flexibility index (Phi) is 4.56. The Bertz CT molecular complexity index is 787. The zero-order chi connectivity index (χ0) is 18.0. The summed E-state index contributed by atoms with van der Waals surface area (Å²) in [7, 11) is 1.50. The molecule has 3 rings (SSSR count). The number of esters is 1. The van der Waals surface area contributed by atoms with Crippen LogP contribution >= 0.6 is 0 Å². The number of ether oxygens (including phenoxy) is 4. The van der Waals surface area contributed by atoms with Gasteiger partial charge in [0.1, 0.15) is 19.0 Å². The van der Waals surface area contributed by atoms with E-state index in [9.17, 15) is 14.4 Å². The second kappa shape index (κ2) is 6.80. The third-order valence-corrected chi connectivity index (χ3v) is 3.70. The molecule has 1 aromatic rings. The minimum atomic E-state index is -1.46. The van der Waals surface area contributed by atoms with Crippen molar-refractivity contribution in [1.29, 1.82) is 0 Å². The first-order valence-electron chi connectivity index (χ1n) is 7.63. The van der Waals surface area contributed by atoms with Gasteiger partial charge in [-0.25, -0.2) is 0 Å². The number of benzene rings is 1. The van der Waals surface area contributed by atoms with Gasteiger partial charge >= 0.3 is 5.97 Å². The second-order valence-electron chi connectivity index (χ2n) is 5.49. The lowest BCUT2D eigenvalue weighted by Gasteiger charge is -2.21. The lowest BCUT2D eigenvalue weighted by molar-refractivity contribution is -0.151. The molecule has 1 aromatic carbocycles. The molecule has 0 amide bonds. The van der Waals surface area contributed by atoms with Gasteiger partial charge in [-0.05, 0) is 30.7 Å². The summed E-state index contributed by atoms with van der Waals surface area (Å²) in [4.78, 5) is 35.9. The third-order valence-electron chi connectivity index (χ3n) is 3.70. The molecule has 7 nitrogen and oxygen atoms in total. The fourth-order valence-corrected chi connectivity index (χ4v) is 2.57. The van der Waals surface area contributed by atoms with Crippen LogP contribution in [0.5, 0.6) is 17.2 Å². The number of fused-ring (bicyclic) bond motifs is 1. The van der Waals surface area contributed by atoms with Crippen molar-refractivity contribution in [1.82, 2.24) is 0 Å². The van der Waals surface area contributed by atoms with E-state index in [2.05, 4.69) is 0 Å². The predicted molar refractivity (Wildman–Crippen MR) is 86.4 cm³/mol. The Morgan fingerprint density at radius 2 is 2.00 bits per heavy atom. The average molecular weight is 344 g/mol. The maximum atomic E-state index is 12.2. The fraction of sp³-hybridized carbons (Fsp3) is 0.278. The fourth-order valence-electron chi connectivity index (χ4n) is 2.57. The molecule has 2 aliphatic heterocycles. The Hall–Kier alpha value is -3.09. The molecule has 25 heavy (non-hydrogen) atoms. The largest absolute Gasteiger partial charge is 0.493 e. The van der Waals surface area contributed by atoms with Crippen LogP contribution in [0.2, 0.25) is 0 Å². The highest BCUT2D eigenvalue weighted by molar-refractivity contribution is 6.25. The number of carbonyl (C=O) groups excluding carboxylic acids is 3. The normalized spacial score (nSPS) is 19.4. The van der Waals surface area contributed by atoms with Gasteiger partial charge in [0.15, 0.2) is 29.0 Å². The van der Waals surface area contributed by atoms with Crippen molar-refractivity contribution in [3.8, 4) is 17.2 Å². The SMILES string of the molecule is COc1cc(/C=C/C(=O)[C@@H]2C(=O)C=C(C)OC2=O)cc2c1OCCO2. The monoisotopic (exact) mass is 344 g/mol. The Balaban J connectivity index is 1.83. The van der Waals surface area contributed by atoms with Gasteiger partial charge in [0.05, 0.1) is 7.11 Å². The van der Waals surface area contributed by atoms with Crippen molar-refractivity contribution in [2.24, 2.45) is 5.92 Å². The molecule has 0 aromatic heterocycles. The molecule has 130 valence electrons. The van der Waals surface area contributed by atoms with Gasteiger partial charge < -0.3 is 18.9 Å². The van der Waals surface area contributed by atoms with Crippen LogP contribution in [0.3, 0.4) is 0 Å². The van der Waals surface area contributed by atoms with Gasteiger partial charge in [-0.3, -0.25) is 14.4 Å². The second-order valence-corrected chi connectivity index (χ2v) is 5.49. The maximum absolute atomic E-state index is 12.2. The number of cyclic esters (lactones) is 1. The molecule has 1 atom stereocenters. The molecule has 0 saturated carbocycles. The van der Waals surface area contributed by atoms with E-state index in [1.807, 2.05) is 0 Å². The number of ketones is 2. The quantitative estimate of drug-likeness (QED) is 0.466. The maximum Gasteiger partial charge on any atom is 0.329 e. The Morgan fingerprint density at radius 1 is 1.24 bits per heavy atom. The number of allylic oxidation sites excluding steroid dienone is 3. The zero-order valence-electron chi connectivity index (χ0n) is 13.7. The summed E-state index contributed by atoms with van der Waals surface area (Å²) in [5.74, 6) is -1.89. The van der Waals surface area contributed by atoms with Crippen LogP contribution in [0, 0.1) is 5.92 Å². The molecular formula is C18H16O7. The molecule has 0 saturated heterocycles. The van der Waals surface area contributed by atoms with E-state index in [-0.39, 0.29) is 5.76 Å². The van der Waals surface area contributed by atoms with Gasteiger partial charge in [0.25, 0.3) is 0 Å². The zero-order valence-corrected chi connectivity index (χ0v) is 13.7. The highest BCUT2D eigenvalue weighted by Crippen LogP contribution is 2.40. The van der Waals surface area contributed by atoms with Crippen molar-refractivity contribution < 1.29 is 33.3 Å². The third kappa shape index (κ3) is 3.40. The van der Waals surface area contributed by atoms with E-state index in [1.165, 1.54) is 26.2 Å². The van der Waals surface area contributed by atoms with E-state index in [0.29, 0.717) is 36.0 Å². The summed E-state index contributed by atoms with van der Waals surface area (Å²) in [5, 5.41) is 0. The number of carbonyl (C=O) groups is 3. The standard InChI is InChI=1S/C18H16O7/c1-10-7-13(20)16(18(21)25-10)12(19)4-3-11-8-14(22-2)17-15(9-11)23-5-6-24-17/h3-4,7-9,16H,5-6H2,1-2H3/b4-3+/t16-/m1/s1. The van der Waals surface area contributed by atoms with Gasteiger partial charge in [-0.2, -0.15) is 0 Å². The summed E-state index contributed by atoms with van der Waals surface area (Å²) in [6.07, 6.45) is 3.79. The van der Waals surface area contributed by atoms with Crippen LogP contribution in [0.1, 0.15) is 12.5 Å². The van der Waals surface area contributed by atoms with Crippen molar-refractivity contribution in [2.45, 2.75) is 6.92 Å². The van der Waals surface area contributed by atoms with Crippen LogP contribution < -0.4 is 14.2 Å². The van der Waals surface area contributed by atoms with E-state index >= 15 is 0 Å². The predicted octanol–water partition coefficient (Wildman–Crippen LogP) is 1.69. The Labute approximate surface area is 143 Å². The molecule has 2 heterocycles. The molecular weight excluding hydrogens is 328 g/mol. The molecule has 0 bridgehead atoms. The van der Waals surface area contributed by atoms with E-state index in [0.717, 1.165) is 6.08 Å². The minimum Gasteiger partial charge on any atom is -0.493 e. The van der Waals surface area contributed by atoms with Crippen LogP contribution in [0.4, 0.5) is 0 Å². The highest BCUT2D eigenvalue weighted by Gasteiger charge is 2.36. The lowest BCUT2D eigenvalue weighted by Crippen LogP contribution is -2.34. The molecule has 0 spiro atoms. The number of methoxy groups -OCH3 is 1. The van der Waals surface area contributed by atoms with E-state index < -0.39 is 23.5 Å². The summed E-state index contributed by atoms with van der Waals surface area (Å²) in [5.41, 5.74) is 0.609. The number of hydrogen-bond donors (Lipinski definition) is 0. The van der Waals surface area contributed by atoms with E-state index in [1.54, 1.807) is 12.1 Å². The van der Waals surface area contributed by atoms with Gasteiger partial charge in [0, 0.05) is 6.08 Å². The van der Waals surface area contributed by atoms with E-state index in [4.69, 9.17) is 18.9 Å². The first-order valence-corrected chi connectivity index (χ1v) is 7.63. The minimum absolute atomic E-state index is 0.180. The molecule has 0 fully saturated rings. The van der Waals surface area contributed by atoms with Gasteiger partial charge in [-0.1, -0.05) is 6.08 Å². The summed E-state index contributed by atoms with van der Waals surface area (Å²) in [6.45, 7) is 2.32. The van der Waals surface area contributed by atoms with Crippen molar-refractivity contribution >= 4 is 23.6 Å². The van der Waals surface area contributed by atoms with Crippen molar-refractivity contribution in [2.75, 3.05) is 20.3 Å². The molecule has 7 heteroatoms. The van der Waals surface area contributed by atoms with Gasteiger partial charge in [0.2, 0.25) is 5.75 Å². The summed E-state index contributed by atoms with van der Waals surface area (Å²) >= 11 is 0. The first kappa shape index (κ1) is 16.8. The smallest absolute Gasteiger partial charge is 0.329 e. The Morgan fingerprint density at radius 3 is 2.72 bits per heavy atom. The number of hydrogen-bond acceptors (Lipinski definition) is 7. The molecule has 0 unspecified atom stereocenters. The van der Waals surface area contributed by atoms with Crippen molar-refractivity contribution in [3.05, 3.63) is 35.6 Å². The first-order chi connectivity index (χ1) is 12.0. The molecule has 0 radical (unpaired) electrons. The topological polar surface area (TPSA) is 88.1 Å². The van der Waals surface area contributed by atoms with Crippen LogP contribution in [-0.2, 0) is 19.1 Å². The summed E-state index contributed by atoms with van der Waals surface area (Å²) in [6, 6.07) is 3.36. The van der Waals surface area contributed by atoms with Crippen LogP contribution in [0.15, 0.2) is 30.0 Å². The molecule has 2 aliphatic rings. The summed E-state index contributed by atoms with van der Waals surface area (Å²) < 4.78 is 21.1. The van der Waals surface area contributed by atoms with Crippen LogP contribution in [-0.4, -0.2) is 37.9 Å². The van der Waals surface area contributed by atoms with Gasteiger partial charge in [-0.15, -0.1) is 0 Å².